The second-order valence-electron chi connectivity index (χ2n) is 5.08. The molecule has 2 aromatic rings. The quantitative estimate of drug-likeness (QED) is 0.803. The summed E-state index contributed by atoms with van der Waals surface area (Å²) in [6.45, 7) is 2.94. The standard InChI is InChI=1S/C16H18IN3O/c1-3-4-12-14(17)16(18-2)20-15(19-12)11-5-6-13-10(9-11)7-8-21-13/h5-6,9H,3-4,7-8H2,1-2H3,(H,18,19,20). The summed E-state index contributed by atoms with van der Waals surface area (Å²) in [7, 11) is 1.90. The van der Waals surface area contributed by atoms with Gasteiger partial charge in [-0.3, -0.25) is 0 Å². The molecule has 0 spiro atoms. The van der Waals surface area contributed by atoms with Crippen molar-refractivity contribution < 1.29 is 4.74 Å². The van der Waals surface area contributed by atoms with Crippen molar-refractivity contribution in [3.05, 3.63) is 33.0 Å². The first kappa shape index (κ1) is 14.6. The van der Waals surface area contributed by atoms with Crippen LogP contribution in [0.15, 0.2) is 18.2 Å². The number of hydrogen-bond donors (Lipinski definition) is 1. The molecule has 0 radical (unpaired) electrons. The van der Waals surface area contributed by atoms with Crippen molar-refractivity contribution in [2.45, 2.75) is 26.2 Å². The second kappa shape index (κ2) is 6.17. The van der Waals surface area contributed by atoms with Crippen LogP contribution in [0.3, 0.4) is 0 Å². The van der Waals surface area contributed by atoms with Crippen LogP contribution < -0.4 is 10.1 Å². The molecule has 21 heavy (non-hydrogen) atoms. The van der Waals surface area contributed by atoms with Crippen molar-refractivity contribution in [1.82, 2.24) is 9.97 Å². The number of aromatic nitrogens is 2. The van der Waals surface area contributed by atoms with E-state index in [1.165, 1.54) is 5.56 Å². The fourth-order valence-electron chi connectivity index (χ4n) is 2.52. The van der Waals surface area contributed by atoms with Gasteiger partial charge < -0.3 is 10.1 Å². The zero-order chi connectivity index (χ0) is 14.8. The number of hydrogen-bond acceptors (Lipinski definition) is 4. The summed E-state index contributed by atoms with van der Waals surface area (Å²) in [5.41, 5.74) is 3.42. The van der Waals surface area contributed by atoms with Crippen LogP contribution in [0.4, 0.5) is 5.82 Å². The lowest BCUT2D eigenvalue weighted by Gasteiger charge is -2.11. The number of benzene rings is 1. The third kappa shape index (κ3) is 2.84. The lowest BCUT2D eigenvalue weighted by molar-refractivity contribution is 0.357. The molecule has 0 aliphatic carbocycles. The van der Waals surface area contributed by atoms with Crippen molar-refractivity contribution in [2.24, 2.45) is 0 Å². The Balaban J connectivity index is 2.07. The minimum absolute atomic E-state index is 0.773. The van der Waals surface area contributed by atoms with E-state index in [2.05, 4.69) is 45.9 Å². The zero-order valence-corrected chi connectivity index (χ0v) is 14.4. The molecule has 5 heteroatoms. The van der Waals surface area contributed by atoms with Gasteiger partial charge in [0.1, 0.15) is 11.6 Å². The first-order valence-corrected chi connectivity index (χ1v) is 8.31. The predicted molar refractivity (Wildman–Crippen MR) is 92.9 cm³/mol. The van der Waals surface area contributed by atoms with Gasteiger partial charge in [-0.1, -0.05) is 13.3 Å². The summed E-state index contributed by atoms with van der Waals surface area (Å²) >= 11 is 2.32. The van der Waals surface area contributed by atoms with E-state index in [1.54, 1.807) is 0 Å². The highest BCUT2D eigenvalue weighted by Gasteiger charge is 2.16. The summed E-state index contributed by atoms with van der Waals surface area (Å²) in [5.74, 6) is 2.69. The SMILES string of the molecule is CCCc1nc(-c2ccc3c(c2)CCO3)nc(NC)c1I. The molecule has 110 valence electrons. The van der Waals surface area contributed by atoms with Crippen molar-refractivity contribution >= 4 is 28.4 Å². The Bertz CT molecular complexity index is 673. The van der Waals surface area contributed by atoms with Crippen LogP contribution in [0.25, 0.3) is 11.4 Å². The Kier molecular flexibility index (Phi) is 4.28. The van der Waals surface area contributed by atoms with Gasteiger partial charge in [0.25, 0.3) is 0 Å². The molecule has 0 saturated heterocycles. The number of fused-ring (bicyclic) bond motifs is 1. The molecule has 1 N–H and O–H groups in total. The topological polar surface area (TPSA) is 47.0 Å². The smallest absolute Gasteiger partial charge is 0.161 e. The van der Waals surface area contributed by atoms with E-state index < -0.39 is 0 Å². The third-order valence-corrected chi connectivity index (χ3v) is 4.72. The highest BCUT2D eigenvalue weighted by Crippen LogP contribution is 2.31. The maximum atomic E-state index is 5.56. The van der Waals surface area contributed by atoms with Crippen LogP contribution in [0, 0.1) is 3.57 Å². The summed E-state index contributed by atoms with van der Waals surface area (Å²) in [5, 5.41) is 3.17. The first-order valence-electron chi connectivity index (χ1n) is 7.23. The van der Waals surface area contributed by atoms with Crippen molar-refractivity contribution in [2.75, 3.05) is 19.0 Å². The molecule has 2 heterocycles. The van der Waals surface area contributed by atoms with Gasteiger partial charge in [0, 0.05) is 19.0 Å². The van der Waals surface area contributed by atoms with Gasteiger partial charge in [-0.15, -0.1) is 0 Å². The Hall–Kier alpha value is -1.37. The Labute approximate surface area is 138 Å². The number of ether oxygens (including phenoxy) is 1. The van der Waals surface area contributed by atoms with Gasteiger partial charge in [0.05, 0.1) is 15.9 Å². The van der Waals surface area contributed by atoms with Gasteiger partial charge in [0.15, 0.2) is 5.82 Å². The number of anilines is 1. The molecule has 0 fully saturated rings. The van der Waals surface area contributed by atoms with Gasteiger partial charge in [0.2, 0.25) is 0 Å². The second-order valence-corrected chi connectivity index (χ2v) is 6.16. The predicted octanol–water partition coefficient (Wildman–Crippen LogP) is 3.68. The monoisotopic (exact) mass is 395 g/mol. The fraction of sp³-hybridized carbons (Fsp3) is 0.375. The van der Waals surface area contributed by atoms with Crippen LogP contribution in [0.1, 0.15) is 24.6 Å². The minimum atomic E-state index is 0.773. The Morgan fingerprint density at radius 3 is 2.95 bits per heavy atom. The van der Waals surface area contributed by atoms with E-state index in [4.69, 9.17) is 9.72 Å². The lowest BCUT2D eigenvalue weighted by atomic mass is 10.1. The molecular formula is C16H18IN3O. The van der Waals surface area contributed by atoms with Crippen LogP contribution in [-0.2, 0) is 12.8 Å². The van der Waals surface area contributed by atoms with Gasteiger partial charge >= 0.3 is 0 Å². The normalized spacial score (nSPS) is 12.9. The van der Waals surface area contributed by atoms with Crippen LogP contribution in [0.2, 0.25) is 0 Å². The molecule has 1 aliphatic rings. The molecular weight excluding hydrogens is 377 g/mol. The van der Waals surface area contributed by atoms with Crippen LogP contribution in [0.5, 0.6) is 5.75 Å². The molecule has 0 bridgehead atoms. The molecule has 1 aliphatic heterocycles. The summed E-state index contributed by atoms with van der Waals surface area (Å²) in [4.78, 5) is 9.43. The lowest BCUT2D eigenvalue weighted by Crippen LogP contribution is -2.05. The van der Waals surface area contributed by atoms with Gasteiger partial charge in [-0.05, 0) is 52.8 Å². The number of rotatable bonds is 4. The summed E-state index contributed by atoms with van der Waals surface area (Å²) in [6, 6.07) is 6.22. The van der Waals surface area contributed by atoms with Crippen molar-refractivity contribution in [3.8, 4) is 17.1 Å². The van der Waals surface area contributed by atoms with E-state index in [0.717, 1.165) is 58.1 Å². The van der Waals surface area contributed by atoms with E-state index in [1.807, 2.05) is 19.2 Å². The summed E-state index contributed by atoms with van der Waals surface area (Å²) < 4.78 is 6.68. The number of halogens is 1. The highest BCUT2D eigenvalue weighted by atomic mass is 127. The van der Waals surface area contributed by atoms with Crippen LogP contribution in [-0.4, -0.2) is 23.6 Å². The Morgan fingerprint density at radius 2 is 2.19 bits per heavy atom. The summed E-state index contributed by atoms with van der Waals surface area (Å²) in [6.07, 6.45) is 3.01. The molecule has 1 aromatic carbocycles. The van der Waals surface area contributed by atoms with E-state index in [-0.39, 0.29) is 0 Å². The van der Waals surface area contributed by atoms with E-state index >= 15 is 0 Å². The molecule has 0 atom stereocenters. The number of nitrogens with one attached hydrogen (secondary N) is 1. The largest absolute Gasteiger partial charge is 0.493 e. The molecule has 0 saturated carbocycles. The third-order valence-electron chi connectivity index (χ3n) is 3.59. The molecule has 0 amide bonds. The molecule has 4 nitrogen and oxygen atoms in total. The van der Waals surface area contributed by atoms with E-state index in [9.17, 15) is 0 Å². The van der Waals surface area contributed by atoms with Gasteiger partial charge in [-0.2, -0.15) is 0 Å². The molecule has 1 aromatic heterocycles. The van der Waals surface area contributed by atoms with Crippen LogP contribution >= 0.6 is 22.6 Å². The molecule has 3 rings (SSSR count). The Morgan fingerprint density at radius 1 is 1.33 bits per heavy atom. The average Bonchev–Trinajstić information content (AvgIpc) is 2.97. The first-order chi connectivity index (χ1) is 10.2. The fourth-order valence-corrected chi connectivity index (χ4v) is 3.30. The number of nitrogens with zero attached hydrogens (tertiary/aromatic N) is 2. The van der Waals surface area contributed by atoms with Crippen molar-refractivity contribution in [3.63, 3.8) is 0 Å². The van der Waals surface area contributed by atoms with Crippen molar-refractivity contribution in [1.29, 1.82) is 0 Å². The maximum Gasteiger partial charge on any atom is 0.161 e. The maximum absolute atomic E-state index is 5.56. The highest BCUT2D eigenvalue weighted by molar-refractivity contribution is 14.1. The van der Waals surface area contributed by atoms with E-state index in [0.29, 0.717) is 0 Å². The average molecular weight is 395 g/mol. The minimum Gasteiger partial charge on any atom is -0.493 e. The number of aryl methyl sites for hydroxylation is 1. The zero-order valence-electron chi connectivity index (χ0n) is 12.2. The van der Waals surface area contributed by atoms with Gasteiger partial charge in [-0.25, -0.2) is 9.97 Å². The molecule has 0 unspecified atom stereocenters.